The molecule has 1 aromatic carbocycles. The van der Waals surface area contributed by atoms with Gasteiger partial charge >= 0.3 is 0 Å². The highest BCUT2D eigenvalue weighted by Gasteiger charge is 2.19. The van der Waals surface area contributed by atoms with E-state index in [1.54, 1.807) is 7.11 Å². The molecule has 1 N–H and O–H groups in total. The fraction of sp³-hybridized carbons (Fsp3) is 0.647. The second kappa shape index (κ2) is 8.28. The molecule has 1 fully saturated rings. The maximum Gasteiger partial charge on any atom is 0.119 e. The molecule has 1 unspecified atom stereocenters. The predicted octanol–water partition coefficient (Wildman–Crippen LogP) is 2.70. The number of rotatable bonds is 8. The van der Waals surface area contributed by atoms with E-state index in [1.165, 1.54) is 37.9 Å². The summed E-state index contributed by atoms with van der Waals surface area (Å²) in [4.78, 5) is 2.64. The van der Waals surface area contributed by atoms with Crippen molar-refractivity contribution in [2.24, 2.45) is 0 Å². The van der Waals surface area contributed by atoms with Crippen LogP contribution in [0.5, 0.6) is 5.75 Å². The first-order valence-electron chi connectivity index (χ1n) is 7.91. The standard InChI is InChI=1S/C17H28N2O/c1-3-16(19-11-4-5-12-19)14-18-10-9-15-7-6-8-17(13-15)20-2/h6-8,13,16,18H,3-5,9-12,14H2,1-2H3. The van der Waals surface area contributed by atoms with E-state index in [4.69, 9.17) is 4.74 Å². The quantitative estimate of drug-likeness (QED) is 0.739. The first-order valence-corrected chi connectivity index (χ1v) is 7.91. The Morgan fingerprint density at radius 3 is 2.80 bits per heavy atom. The zero-order valence-electron chi connectivity index (χ0n) is 12.9. The summed E-state index contributed by atoms with van der Waals surface area (Å²) in [7, 11) is 1.72. The minimum atomic E-state index is 0.711. The van der Waals surface area contributed by atoms with Gasteiger partial charge in [0.25, 0.3) is 0 Å². The van der Waals surface area contributed by atoms with E-state index >= 15 is 0 Å². The summed E-state index contributed by atoms with van der Waals surface area (Å²) in [5, 5.41) is 3.62. The first kappa shape index (κ1) is 15.3. The molecule has 0 amide bonds. The zero-order chi connectivity index (χ0) is 14.2. The minimum absolute atomic E-state index is 0.711. The summed E-state index contributed by atoms with van der Waals surface area (Å²) in [6.45, 7) is 7.02. The lowest BCUT2D eigenvalue weighted by Crippen LogP contribution is -2.40. The molecule has 112 valence electrons. The van der Waals surface area contributed by atoms with Crippen LogP contribution in [-0.4, -0.2) is 44.2 Å². The molecule has 20 heavy (non-hydrogen) atoms. The average molecular weight is 276 g/mol. The lowest BCUT2D eigenvalue weighted by atomic mass is 10.1. The Bertz CT molecular complexity index is 388. The molecule has 3 nitrogen and oxygen atoms in total. The molecule has 0 spiro atoms. The third kappa shape index (κ3) is 4.50. The van der Waals surface area contributed by atoms with E-state index in [-0.39, 0.29) is 0 Å². The maximum atomic E-state index is 5.26. The van der Waals surface area contributed by atoms with Crippen molar-refractivity contribution < 1.29 is 4.74 Å². The number of hydrogen-bond donors (Lipinski definition) is 1. The van der Waals surface area contributed by atoms with Gasteiger partial charge in [-0.1, -0.05) is 19.1 Å². The number of nitrogens with zero attached hydrogens (tertiary/aromatic N) is 1. The highest BCUT2D eigenvalue weighted by atomic mass is 16.5. The molecule has 2 rings (SSSR count). The Morgan fingerprint density at radius 1 is 1.30 bits per heavy atom. The van der Waals surface area contributed by atoms with Crippen molar-refractivity contribution in [3.05, 3.63) is 29.8 Å². The maximum absolute atomic E-state index is 5.26. The van der Waals surface area contributed by atoms with E-state index in [2.05, 4.69) is 35.3 Å². The van der Waals surface area contributed by atoms with Crippen molar-refractivity contribution in [1.29, 1.82) is 0 Å². The van der Waals surface area contributed by atoms with Crippen LogP contribution in [-0.2, 0) is 6.42 Å². The van der Waals surface area contributed by atoms with Crippen LogP contribution < -0.4 is 10.1 Å². The van der Waals surface area contributed by atoms with Crippen LogP contribution in [0.25, 0.3) is 0 Å². The van der Waals surface area contributed by atoms with Crippen LogP contribution in [0.4, 0.5) is 0 Å². The SMILES string of the molecule is CCC(CNCCc1cccc(OC)c1)N1CCCC1. The van der Waals surface area contributed by atoms with Crippen molar-refractivity contribution in [3.63, 3.8) is 0 Å². The largest absolute Gasteiger partial charge is 0.497 e. The molecule has 1 saturated heterocycles. The van der Waals surface area contributed by atoms with Gasteiger partial charge in [-0.2, -0.15) is 0 Å². The van der Waals surface area contributed by atoms with Gasteiger partial charge in [0.15, 0.2) is 0 Å². The molecule has 1 heterocycles. The van der Waals surface area contributed by atoms with Gasteiger partial charge < -0.3 is 10.1 Å². The Kier molecular flexibility index (Phi) is 6.34. The smallest absolute Gasteiger partial charge is 0.119 e. The van der Waals surface area contributed by atoms with Gasteiger partial charge in [-0.15, -0.1) is 0 Å². The molecule has 3 heteroatoms. The Labute approximate surface area is 123 Å². The summed E-state index contributed by atoms with van der Waals surface area (Å²) in [5.41, 5.74) is 1.34. The summed E-state index contributed by atoms with van der Waals surface area (Å²) in [6, 6.07) is 9.06. The fourth-order valence-corrected chi connectivity index (χ4v) is 2.97. The third-order valence-electron chi connectivity index (χ3n) is 4.23. The van der Waals surface area contributed by atoms with Gasteiger partial charge in [0.1, 0.15) is 5.75 Å². The number of hydrogen-bond acceptors (Lipinski definition) is 3. The summed E-state index contributed by atoms with van der Waals surface area (Å²) >= 11 is 0. The zero-order valence-corrected chi connectivity index (χ0v) is 12.9. The van der Waals surface area contributed by atoms with E-state index < -0.39 is 0 Å². The van der Waals surface area contributed by atoms with E-state index in [0.717, 1.165) is 25.3 Å². The second-order valence-electron chi connectivity index (χ2n) is 5.61. The average Bonchev–Trinajstić information content (AvgIpc) is 3.01. The van der Waals surface area contributed by atoms with Crippen molar-refractivity contribution in [2.75, 3.05) is 33.3 Å². The highest BCUT2D eigenvalue weighted by Crippen LogP contribution is 2.14. The first-order chi connectivity index (χ1) is 9.83. The summed E-state index contributed by atoms with van der Waals surface area (Å²) in [5.74, 6) is 0.950. The highest BCUT2D eigenvalue weighted by molar-refractivity contribution is 5.28. The topological polar surface area (TPSA) is 24.5 Å². The monoisotopic (exact) mass is 276 g/mol. The Hall–Kier alpha value is -1.06. The van der Waals surface area contributed by atoms with Gasteiger partial charge in [0.05, 0.1) is 7.11 Å². The number of nitrogens with one attached hydrogen (secondary N) is 1. The fourth-order valence-electron chi connectivity index (χ4n) is 2.97. The van der Waals surface area contributed by atoms with Crippen molar-refractivity contribution in [2.45, 2.75) is 38.6 Å². The van der Waals surface area contributed by atoms with Crippen LogP contribution >= 0.6 is 0 Å². The van der Waals surface area contributed by atoms with Crippen LogP contribution in [0.15, 0.2) is 24.3 Å². The van der Waals surface area contributed by atoms with Gasteiger partial charge in [-0.05, 0) is 63.0 Å². The molecule has 1 atom stereocenters. The van der Waals surface area contributed by atoms with Gasteiger partial charge in [0, 0.05) is 12.6 Å². The Morgan fingerprint density at radius 2 is 2.10 bits per heavy atom. The summed E-state index contributed by atoms with van der Waals surface area (Å²) in [6.07, 6.45) is 5.06. The number of methoxy groups -OCH3 is 1. The van der Waals surface area contributed by atoms with Gasteiger partial charge in [-0.25, -0.2) is 0 Å². The lowest BCUT2D eigenvalue weighted by molar-refractivity contribution is 0.230. The van der Waals surface area contributed by atoms with Crippen LogP contribution in [0, 0.1) is 0 Å². The molecule has 0 bridgehead atoms. The normalized spacial score (nSPS) is 17.3. The number of ether oxygens (including phenoxy) is 1. The molecule has 0 aromatic heterocycles. The molecular weight excluding hydrogens is 248 g/mol. The van der Waals surface area contributed by atoms with E-state index in [9.17, 15) is 0 Å². The molecule has 0 saturated carbocycles. The van der Waals surface area contributed by atoms with Crippen molar-refractivity contribution in [1.82, 2.24) is 10.2 Å². The number of likely N-dealkylation sites (tertiary alicyclic amines) is 1. The van der Waals surface area contributed by atoms with Gasteiger partial charge in [0.2, 0.25) is 0 Å². The minimum Gasteiger partial charge on any atom is -0.497 e. The van der Waals surface area contributed by atoms with E-state index in [1.807, 2.05) is 6.07 Å². The molecule has 0 radical (unpaired) electrons. The summed E-state index contributed by atoms with van der Waals surface area (Å²) < 4.78 is 5.26. The second-order valence-corrected chi connectivity index (χ2v) is 5.61. The Balaban J connectivity index is 1.69. The lowest BCUT2D eigenvalue weighted by Gasteiger charge is -2.26. The molecule has 1 aliphatic heterocycles. The van der Waals surface area contributed by atoms with E-state index in [0.29, 0.717) is 6.04 Å². The van der Waals surface area contributed by atoms with Crippen molar-refractivity contribution >= 4 is 0 Å². The number of benzene rings is 1. The third-order valence-corrected chi connectivity index (χ3v) is 4.23. The van der Waals surface area contributed by atoms with Crippen LogP contribution in [0.1, 0.15) is 31.7 Å². The molecule has 0 aliphatic carbocycles. The predicted molar refractivity (Wildman–Crippen MR) is 84.5 cm³/mol. The van der Waals surface area contributed by atoms with Crippen LogP contribution in [0.2, 0.25) is 0 Å². The van der Waals surface area contributed by atoms with Gasteiger partial charge in [-0.3, -0.25) is 4.90 Å². The molecule has 1 aromatic rings. The van der Waals surface area contributed by atoms with Crippen LogP contribution in [0.3, 0.4) is 0 Å². The molecule has 1 aliphatic rings. The van der Waals surface area contributed by atoms with Crippen molar-refractivity contribution in [3.8, 4) is 5.75 Å². The molecular formula is C17H28N2O.